The average molecular weight is 278 g/mol. The molecule has 0 aliphatic carbocycles. The van der Waals surface area contributed by atoms with Gasteiger partial charge in [0, 0.05) is 37.8 Å². The number of hydrogen-bond donors (Lipinski definition) is 2. The molecule has 0 radical (unpaired) electrons. The highest BCUT2D eigenvalue weighted by Crippen LogP contribution is 2.24. The van der Waals surface area contributed by atoms with E-state index < -0.39 is 0 Å². The summed E-state index contributed by atoms with van der Waals surface area (Å²) in [4.78, 5) is 13.6. The highest BCUT2D eigenvalue weighted by atomic mass is 15.3. The lowest BCUT2D eigenvalue weighted by Crippen LogP contribution is -2.50. The van der Waals surface area contributed by atoms with E-state index in [2.05, 4.69) is 46.0 Å². The molecule has 1 aliphatic rings. The fraction of sp³-hybridized carbons (Fsp3) is 0.714. The summed E-state index contributed by atoms with van der Waals surface area (Å²) in [5, 5.41) is 0. The molecule has 1 saturated heterocycles. The quantitative estimate of drug-likeness (QED) is 0.624. The molecule has 1 aromatic heterocycles. The predicted octanol–water partition coefficient (Wildman–Crippen LogP) is 1.25. The van der Waals surface area contributed by atoms with Crippen molar-refractivity contribution in [1.29, 1.82) is 0 Å². The summed E-state index contributed by atoms with van der Waals surface area (Å²) in [6, 6.07) is 0.662. The Morgan fingerprint density at radius 2 is 1.95 bits per heavy atom. The molecule has 1 aromatic rings. The summed E-state index contributed by atoms with van der Waals surface area (Å²) < 4.78 is 0. The van der Waals surface area contributed by atoms with Crippen molar-refractivity contribution in [2.75, 3.05) is 36.5 Å². The summed E-state index contributed by atoms with van der Waals surface area (Å²) in [5.74, 6) is 7.30. The van der Waals surface area contributed by atoms with Crippen LogP contribution in [0, 0.1) is 0 Å². The minimum atomic E-state index is 0.662. The number of nitrogen functional groups attached to an aromatic ring is 1. The number of hydrogen-bond acceptors (Lipinski definition) is 6. The fourth-order valence-corrected chi connectivity index (χ4v) is 2.76. The van der Waals surface area contributed by atoms with E-state index in [0.29, 0.717) is 6.04 Å². The van der Waals surface area contributed by atoms with Crippen molar-refractivity contribution in [2.45, 2.75) is 39.7 Å². The Morgan fingerprint density at radius 1 is 1.25 bits per heavy atom. The first-order valence-electron chi connectivity index (χ1n) is 7.50. The monoisotopic (exact) mass is 278 g/mol. The topological polar surface area (TPSA) is 70.3 Å². The highest BCUT2D eigenvalue weighted by molar-refractivity contribution is 5.58. The molecule has 1 fully saturated rings. The van der Waals surface area contributed by atoms with Crippen LogP contribution in [-0.4, -0.2) is 47.1 Å². The lowest BCUT2D eigenvalue weighted by molar-refractivity contribution is 0.192. The van der Waals surface area contributed by atoms with Crippen molar-refractivity contribution in [3.63, 3.8) is 0 Å². The molecule has 1 aliphatic heterocycles. The number of aromatic nitrogens is 2. The van der Waals surface area contributed by atoms with E-state index in [9.17, 15) is 0 Å². The second kappa shape index (κ2) is 6.85. The van der Waals surface area contributed by atoms with Gasteiger partial charge in [0.25, 0.3) is 0 Å². The Bertz CT molecular complexity index is 428. The zero-order chi connectivity index (χ0) is 14.5. The standard InChI is InChI=1S/C14H26N6/c1-4-11(3)19-6-8-20(9-7-19)14-12(5-2)13(18-15)16-10-17-14/h10-11H,4-9,15H2,1-3H3,(H,16,17,18). The van der Waals surface area contributed by atoms with Gasteiger partial charge in [-0.3, -0.25) is 4.90 Å². The van der Waals surface area contributed by atoms with Gasteiger partial charge in [0.2, 0.25) is 0 Å². The zero-order valence-corrected chi connectivity index (χ0v) is 12.8. The van der Waals surface area contributed by atoms with Crippen molar-refractivity contribution in [1.82, 2.24) is 14.9 Å². The first-order chi connectivity index (χ1) is 9.71. The van der Waals surface area contributed by atoms with Gasteiger partial charge in [-0.25, -0.2) is 15.8 Å². The lowest BCUT2D eigenvalue weighted by atomic mass is 10.1. The van der Waals surface area contributed by atoms with Gasteiger partial charge >= 0.3 is 0 Å². The summed E-state index contributed by atoms with van der Waals surface area (Å²) in [7, 11) is 0. The van der Waals surface area contributed by atoms with E-state index in [0.717, 1.165) is 49.8 Å². The first kappa shape index (κ1) is 15.0. The van der Waals surface area contributed by atoms with Crippen LogP contribution in [0.2, 0.25) is 0 Å². The number of rotatable bonds is 5. The number of nitrogens with one attached hydrogen (secondary N) is 1. The average Bonchev–Trinajstić information content (AvgIpc) is 2.53. The van der Waals surface area contributed by atoms with Crippen molar-refractivity contribution < 1.29 is 0 Å². The molecule has 0 amide bonds. The maximum absolute atomic E-state index is 5.54. The van der Waals surface area contributed by atoms with Crippen LogP contribution >= 0.6 is 0 Å². The largest absolute Gasteiger partial charge is 0.354 e. The van der Waals surface area contributed by atoms with Gasteiger partial charge in [-0.1, -0.05) is 13.8 Å². The Kier molecular flexibility index (Phi) is 5.14. The van der Waals surface area contributed by atoms with E-state index in [1.165, 1.54) is 6.42 Å². The van der Waals surface area contributed by atoms with E-state index in [-0.39, 0.29) is 0 Å². The van der Waals surface area contributed by atoms with Crippen LogP contribution in [0.5, 0.6) is 0 Å². The van der Waals surface area contributed by atoms with Crippen molar-refractivity contribution in [2.24, 2.45) is 5.84 Å². The molecule has 0 bridgehead atoms. The number of nitrogens with zero attached hydrogens (tertiary/aromatic N) is 4. The van der Waals surface area contributed by atoms with Gasteiger partial charge in [-0.15, -0.1) is 0 Å². The van der Waals surface area contributed by atoms with E-state index in [4.69, 9.17) is 5.84 Å². The highest BCUT2D eigenvalue weighted by Gasteiger charge is 2.23. The van der Waals surface area contributed by atoms with Gasteiger partial charge in [-0.2, -0.15) is 0 Å². The molecule has 20 heavy (non-hydrogen) atoms. The van der Waals surface area contributed by atoms with Gasteiger partial charge in [-0.05, 0) is 19.8 Å². The Morgan fingerprint density at radius 3 is 2.50 bits per heavy atom. The van der Waals surface area contributed by atoms with E-state index in [1.807, 2.05) is 0 Å². The fourth-order valence-electron chi connectivity index (χ4n) is 2.76. The van der Waals surface area contributed by atoms with Crippen LogP contribution in [0.15, 0.2) is 6.33 Å². The minimum Gasteiger partial charge on any atom is -0.354 e. The molecule has 0 spiro atoms. The number of anilines is 2. The van der Waals surface area contributed by atoms with Crippen LogP contribution in [0.1, 0.15) is 32.8 Å². The van der Waals surface area contributed by atoms with E-state index in [1.54, 1.807) is 6.33 Å². The van der Waals surface area contributed by atoms with Gasteiger partial charge in [0.05, 0.1) is 0 Å². The molecular weight excluding hydrogens is 252 g/mol. The zero-order valence-electron chi connectivity index (χ0n) is 12.8. The van der Waals surface area contributed by atoms with Crippen molar-refractivity contribution in [3.05, 3.63) is 11.9 Å². The molecular formula is C14H26N6. The Labute approximate surface area is 121 Å². The van der Waals surface area contributed by atoms with Gasteiger partial charge in [0.1, 0.15) is 18.0 Å². The number of nitrogens with two attached hydrogens (primary N) is 1. The summed E-state index contributed by atoms with van der Waals surface area (Å²) in [5.41, 5.74) is 3.78. The second-order valence-corrected chi connectivity index (χ2v) is 5.30. The normalized spacial score (nSPS) is 18.1. The second-order valence-electron chi connectivity index (χ2n) is 5.30. The third kappa shape index (κ3) is 3.02. The Hall–Kier alpha value is -1.40. The predicted molar refractivity (Wildman–Crippen MR) is 82.8 cm³/mol. The number of piperazine rings is 1. The van der Waals surface area contributed by atoms with Crippen LogP contribution in [0.25, 0.3) is 0 Å². The van der Waals surface area contributed by atoms with Crippen LogP contribution in [-0.2, 0) is 6.42 Å². The molecule has 2 heterocycles. The maximum Gasteiger partial charge on any atom is 0.148 e. The number of hydrazine groups is 1. The third-order valence-electron chi connectivity index (χ3n) is 4.24. The molecule has 1 atom stereocenters. The lowest BCUT2D eigenvalue weighted by Gasteiger charge is -2.39. The van der Waals surface area contributed by atoms with Crippen molar-refractivity contribution >= 4 is 11.6 Å². The smallest absolute Gasteiger partial charge is 0.148 e. The molecule has 0 aromatic carbocycles. The summed E-state index contributed by atoms with van der Waals surface area (Å²) in [6.45, 7) is 10.9. The summed E-state index contributed by atoms with van der Waals surface area (Å²) in [6.07, 6.45) is 3.67. The van der Waals surface area contributed by atoms with Crippen LogP contribution in [0.3, 0.4) is 0 Å². The minimum absolute atomic E-state index is 0.662. The van der Waals surface area contributed by atoms with Crippen molar-refractivity contribution in [3.8, 4) is 0 Å². The third-order valence-corrected chi connectivity index (χ3v) is 4.24. The first-order valence-corrected chi connectivity index (χ1v) is 7.50. The maximum atomic E-state index is 5.54. The van der Waals surface area contributed by atoms with Gasteiger partial charge < -0.3 is 10.3 Å². The molecule has 0 saturated carbocycles. The molecule has 1 unspecified atom stereocenters. The van der Waals surface area contributed by atoms with Gasteiger partial charge in [0.15, 0.2) is 0 Å². The SMILES string of the molecule is CCc1c(NN)ncnc1N1CCN(C(C)CC)CC1. The molecule has 6 heteroatoms. The van der Waals surface area contributed by atoms with Crippen LogP contribution < -0.4 is 16.2 Å². The molecule has 2 rings (SSSR count). The molecule has 3 N–H and O–H groups in total. The van der Waals surface area contributed by atoms with Crippen LogP contribution in [0.4, 0.5) is 11.6 Å². The Balaban J connectivity index is 2.11. The van der Waals surface area contributed by atoms with E-state index >= 15 is 0 Å². The molecule has 112 valence electrons. The molecule has 6 nitrogen and oxygen atoms in total. The summed E-state index contributed by atoms with van der Waals surface area (Å²) >= 11 is 0.